The van der Waals surface area contributed by atoms with E-state index in [0.29, 0.717) is 0 Å². The van der Waals surface area contributed by atoms with Crippen molar-refractivity contribution in [3.63, 3.8) is 0 Å². The molecule has 0 amide bonds. The summed E-state index contributed by atoms with van der Waals surface area (Å²) < 4.78 is 0. The Kier molecular flexibility index (Phi) is 1.25. The van der Waals surface area contributed by atoms with Crippen LogP contribution in [0.2, 0.25) is 0 Å². The van der Waals surface area contributed by atoms with Crippen molar-refractivity contribution in [2.45, 2.75) is 13.8 Å². The van der Waals surface area contributed by atoms with Crippen molar-refractivity contribution in [2.24, 2.45) is 4.99 Å². The summed E-state index contributed by atoms with van der Waals surface area (Å²) in [6, 6.07) is 8.24. The molecule has 1 aromatic rings. The third kappa shape index (κ3) is 0.845. The van der Waals surface area contributed by atoms with Gasteiger partial charge >= 0.3 is 0 Å². The quantitative estimate of drug-likeness (QED) is 0.496. The number of hydrogen-bond donors (Lipinski definition) is 0. The van der Waals surface area contributed by atoms with E-state index in [1.807, 2.05) is 6.07 Å². The molecule has 0 spiro atoms. The minimum absolute atomic E-state index is 1.11. The summed E-state index contributed by atoms with van der Waals surface area (Å²) in [6.45, 7) is 4.17. The highest BCUT2D eigenvalue weighted by Gasteiger charge is 2.28. The number of aliphatic imine (C=N–C) groups is 1. The third-order valence-electron chi connectivity index (χ3n) is 2.14. The number of fused-ring (bicyclic) bond motifs is 1. The molecule has 1 heteroatoms. The van der Waals surface area contributed by atoms with E-state index in [0.717, 1.165) is 11.4 Å². The van der Waals surface area contributed by atoms with Crippen LogP contribution in [-0.2, 0) is 0 Å². The zero-order chi connectivity index (χ0) is 7.84. The van der Waals surface area contributed by atoms with Crippen molar-refractivity contribution in [2.75, 3.05) is 0 Å². The molecular weight excluding hydrogens is 134 g/mol. The fourth-order valence-electron chi connectivity index (χ4n) is 1.35. The van der Waals surface area contributed by atoms with E-state index >= 15 is 0 Å². The number of hydrogen-bond acceptors (Lipinski definition) is 1. The highest BCUT2D eigenvalue weighted by molar-refractivity contribution is 6.05. The Hall–Kier alpha value is -1.24. The maximum Gasteiger partial charge on any atom is 0.176 e. The number of rotatable bonds is 0. The van der Waals surface area contributed by atoms with Gasteiger partial charge in [0.2, 0.25) is 0 Å². The van der Waals surface area contributed by atoms with Gasteiger partial charge in [-0.1, -0.05) is 0 Å². The monoisotopic (exact) mass is 144 g/mol. The summed E-state index contributed by atoms with van der Waals surface area (Å²) in [5.41, 5.74) is 3.54. The van der Waals surface area contributed by atoms with Gasteiger partial charge in [-0.05, 0) is 19.1 Å². The summed E-state index contributed by atoms with van der Waals surface area (Å²) in [4.78, 5) is 4.41. The van der Waals surface area contributed by atoms with Crippen LogP contribution in [0.15, 0.2) is 29.3 Å². The smallest absolute Gasteiger partial charge is 0.172 e. The van der Waals surface area contributed by atoms with E-state index in [-0.39, 0.29) is 0 Å². The molecule has 0 bridgehead atoms. The van der Waals surface area contributed by atoms with Gasteiger partial charge in [-0.15, -0.1) is 0 Å². The molecule has 0 fully saturated rings. The lowest BCUT2D eigenvalue weighted by Crippen LogP contribution is -1.98. The topological polar surface area (TPSA) is 12.4 Å². The van der Waals surface area contributed by atoms with E-state index < -0.39 is 0 Å². The lowest BCUT2D eigenvalue weighted by molar-refractivity contribution is 1.34. The fourth-order valence-corrected chi connectivity index (χ4v) is 1.35. The molecule has 0 saturated heterocycles. The van der Waals surface area contributed by atoms with E-state index in [2.05, 4.69) is 37.0 Å². The van der Waals surface area contributed by atoms with E-state index in [1.165, 1.54) is 11.5 Å². The molecule has 1 aliphatic heterocycles. The molecule has 1 aliphatic rings. The minimum Gasteiger partial charge on any atom is -0.172 e. The zero-order valence-electron chi connectivity index (χ0n) is 6.76. The first kappa shape index (κ1) is 6.47. The molecule has 0 saturated carbocycles. The summed E-state index contributed by atoms with van der Waals surface area (Å²) in [6.07, 6.45) is 0. The fraction of sp³-hybridized carbons (Fsp3) is 0.200. The molecule has 1 nitrogen and oxygen atoms in total. The first-order valence-corrected chi connectivity index (χ1v) is 3.77. The molecular formula is C10H10N+. The van der Waals surface area contributed by atoms with E-state index in [9.17, 15) is 0 Å². The molecule has 1 heterocycles. The Labute approximate surface area is 66.8 Å². The lowest BCUT2D eigenvalue weighted by Gasteiger charge is -1.93. The lowest BCUT2D eigenvalue weighted by atomic mass is 9.99. The first-order chi connectivity index (χ1) is 5.29. The van der Waals surface area contributed by atoms with Gasteiger partial charge in [-0.2, -0.15) is 4.99 Å². The van der Waals surface area contributed by atoms with Crippen molar-refractivity contribution >= 4 is 11.4 Å². The second kappa shape index (κ2) is 2.12. The van der Waals surface area contributed by atoms with Crippen LogP contribution < -0.4 is 0 Å². The van der Waals surface area contributed by atoms with Crippen LogP contribution in [-0.4, -0.2) is 5.71 Å². The van der Waals surface area contributed by atoms with Gasteiger partial charge in [0, 0.05) is 19.1 Å². The molecule has 0 aromatic heterocycles. The Morgan fingerprint density at radius 3 is 2.73 bits per heavy atom. The highest BCUT2D eigenvalue weighted by atomic mass is 14.8. The van der Waals surface area contributed by atoms with Crippen LogP contribution >= 0.6 is 0 Å². The molecule has 0 aliphatic carbocycles. The second-order valence-corrected chi connectivity index (χ2v) is 2.84. The maximum absolute atomic E-state index is 4.41. The van der Waals surface area contributed by atoms with Crippen LogP contribution in [0.5, 0.6) is 0 Å². The molecule has 54 valence electrons. The van der Waals surface area contributed by atoms with Crippen LogP contribution in [0.3, 0.4) is 0 Å². The first-order valence-electron chi connectivity index (χ1n) is 3.77. The molecule has 0 atom stereocenters. The summed E-state index contributed by atoms with van der Waals surface area (Å²) in [5.74, 6) is 1.31. The van der Waals surface area contributed by atoms with Crippen LogP contribution in [0.25, 0.3) is 0 Å². The Morgan fingerprint density at radius 2 is 2.00 bits per heavy atom. The SMILES string of the molecule is CC1=Nc2ccccc2[C+]1C. The standard InChI is InChI=1S/C10H10N/c1-7-8(2)11-10-6-4-3-5-9(7)10/h3-6H,1-2H3/q+1. The van der Waals surface area contributed by atoms with Gasteiger partial charge < -0.3 is 0 Å². The summed E-state index contributed by atoms with van der Waals surface area (Å²) >= 11 is 0. The molecule has 0 radical (unpaired) electrons. The van der Waals surface area contributed by atoms with E-state index in [4.69, 9.17) is 0 Å². The predicted octanol–water partition coefficient (Wildman–Crippen LogP) is 2.74. The highest BCUT2D eigenvalue weighted by Crippen LogP contribution is 2.33. The van der Waals surface area contributed by atoms with E-state index in [1.54, 1.807) is 0 Å². The summed E-state index contributed by atoms with van der Waals surface area (Å²) in [5, 5.41) is 0. The van der Waals surface area contributed by atoms with Crippen LogP contribution in [0, 0.1) is 5.92 Å². The molecule has 11 heavy (non-hydrogen) atoms. The largest absolute Gasteiger partial charge is 0.176 e. The van der Waals surface area contributed by atoms with Crippen molar-refractivity contribution < 1.29 is 0 Å². The normalized spacial score (nSPS) is 14.7. The van der Waals surface area contributed by atoms with Crippen LogP contribution in [0.1, 0.15) is 19.4 Å². The van der Waals surface area contributed by atoms with Gasteiger partial charge in [0.05, 0.1) is 5.92 Å². The predicted molar refractivity (Wildman–Crippen MR) is 47.2 cm³/mol. The van der Waals surface area contributed by atoms with Crippen molar-refractivity contribution in [3.8, 4) is 0 Å². The molecule has 1 aromatic carbocycles. The van der Waals surface area contributed by atoms with Gasteiger partial charge in [-0.25, -0.2) is 0 Å². The van der Waals surface area contributed by atoms with Gasteiger partial charge in [0.15, 0.2) is 11.3 Å². The zero-order valence-corrected chi connectivity index (χ0v) is 6.76. The number of benzene rings is 1. The molecule has 2 rings (SSSR count). The summed E-state index contributed by atoms with van der Waals surface area (Å²) in [7, 11) is 0. The van der Waals surface area contributed by atoms with Gasteiger partial charge in [0.25, 0.3) is 0 Å². The number of nitrogens with zero attached hydrogens (tertiary/aromatic N) is 1. The van der Waals surface area contributed by atoms with Crippen molar-refractivity contribution in [3.05, 3.63) is 35.7 Å². The Morgan fingerprint density at radius 1 is 1.27 bits per heavy atom. The van der Waals surface area contributed by atoms with Crippen molar-refractivity contribution in [1.82, 2.24) is 0 Å². The minimum atomic E-state index is 1.11. The third-order valence-corrected chi connectivity index (χ3v) is 2.14. The second-order valence-electron chi connectivity index (χ2n) is 2.84. The van der Waals surface area contributed by atoms with Crippen molar-refractivity contribution in [1.29, 1.82) is 0 Å². The average molecular weight is 144 g/mol. The van der Waals surface area contributed by atoms with Gasteiger partial charge in [-0.3, -0.25) is 0 Å². The maximum atomic E-state index is 4.41. The Balaban J connectivity index is 2.58. The molecule has 0 N–H and O–H groups in total. The number of para-hydroxylation sites is 1. The van der Waals surface area contributed by atoms with Gasteiger partial charge in [0.1, 0.15) is 5.71 Å². The Bertz CT molecular complexity index is 312. The average Bonchev–Trinajstić information content (AvgIpc) is 2.30. The van der Waals surface area contributed by atoms with Crippen LogP contribution in [0.4, 0.5) is 5.69 Å². The molecule has 0 unspecified atom stereocenters.